The third kappa shape index (κ3) is 5.17. The molecule has 1 rings (SSSR count). The summed E-state index contributed by atoms with van der Waals surface area (Å²) in [5.41, 5.74) is 0. The minimum Gasteiger partial charge on any atom is -0.381 e. The predicted octanol–water partition coefficient (Wildman–Crippen LogP) is 2.33. The third-order valence-electron chi connectivity index (χ3n) is 3.15. The molecule has 0 aromatic rings. The molecule has 1 fully saturated rings. The molecule has 0 aliphatic carbocycles. The van der Waals surface area contributed by atoms with Crippen molar-refractivity contribution in [1.29, 1.82) is 0 Å². The number of carbonyl (C=O) groups is 1. The summed E-state index contributed by atoms with van der Waals surface area (Å²) in [6.45, 7) is 3.75. The number of hydrogen-bond acceptors (Lipinski definition) is 2. The quantitative estimate of drug-likeness (QED) is 0.578. The molecule has 1 unspecified atom stereocenters. The molecule has 0 saturated carbocycles. The van der Waals surface area contributed by atoms with Crippen LogP contribution in [0.1, 0.15) is 39.0 Å². The fourth-order valence-corrected chi connectivity index (χ4v) is 2.23. The molecule has 0 radical (unpaired) electrons. The maximum atomic E-state index is 11.6. The largest absolute Gasteiger partial charge is 0.381 e. The molecule has 1 aliphatic heterocycles. The van der Waals surface area contributed by atoms with E-state index >= 15 is 0 Å². The molecule has 1 atom stereocenters. The third-order valence-corrected chi connectivity index (χ3v) is 3.42. The van der Waals surface area contributed by atoms with E-state index in [-0.39, 0.29) is 11.9 Å². The highest BCUT2D eigenvalue weighted by Crippen LogP contribution is 2.18. The van der Waals surface area contributed by atoms with Gasteiger partial charge in [0, 0.05) is 31.6 Å². The normalized spacial score (nSPS) is 19.4. The summed E-state index contributed by atoms with van der Waals surface area (Å²) in [6.07, 6.45) is 4.52. The second-order valence-corrected chi connectivity index (χ2v) is 4.83. The molecular weight excluding hydrogens is 226 g/mol. The zero-order valence-electron chi connectivity index (χ0n) is 10.0. The van der Waals surface area contributed by atoms with Crippen molar-refractivity contribution in [3.8, 4) is 0 Å². The van der Waals surface area contributed by atoms with Gasteiger partial charge in [0.25, 0.3) is 0 Å². The van der Waals surface area contributed by atoms with Crippen LogP contribution in [0.15, 0.2) is 0 Å². The lowest BCUT2D eigenvalue weighted by molar-refractivity contribution is -0.122. The Hall–Kier alpha value is -0.280. The van der Waals surface area contributed by atoms with Crippen LogP contribution in [0, 0.1) is 5.92 Å². The van der Waals surface area contributed by atoms with Crippen LogP contribution in [0.2, 0.25) is 0 Å². The molecule has 0 aromatic heterocycles. The van der Waals surface area contributed by atoms with Gasteiger partial charge < -0.3 is 10.1 Å². The van der Waals surface area contributed by atoms with Crippen LogP contribution < -0.4 is 5.32 Å². The van der Waals surface area contributed by atoms with Crippen molar-refractivity contribution >= 4 is 17.5 Å². The molecule has 0 spiro atoms. The Balaban J connectivity index is 2.16. The molecule has 94 valence electrons. The second kappa shape index (κ2) is 7.91. The number of unbranched alkanes of at least 4 members (excludes halogenated alkanes) is 1. The van der Waals surface area contributed by atoms with Gasteiger partial charge in [-0.2, -0.15) is 0 Å². The van der Waals surface area contributed by atoms with Gasteiger partial charge in [0.05, 0.1) is 0 Å². The summed E-state index contributed by atoms with van der Waals surface area (Å²) in [7, 11) is 0. The summed E-state index contributed by atoms with van der Waals surface area (Å²) in [5, 5.41) is 3.07. The standard InChI is InChI=1S/C12H22ClNO2/c1-10(11-5-8-16-9-6-11)14-12(15)4-2-3-7-13/h10-11H,2-9H2,1H3,(H,14,15). The Morgan fingerprint density at radius 3 is 2.75 bits per heavy atom. The number of amides is 1. The van der Waals surface area contributed by atoms with E-state index in [0.717, 1.165) is 38.9 Å². The van der Waals surface area contributed by atoms with Crippen LogP contribution >= 0.6 is 11.6 Å². The van der Waals surface area contributed by atoms with E-state index in [2.05, 4.69) is 12.2 Å². The van der Waals surface area contributed by atoms with Gasteiger partial charge in [-0.1, -0.05) is 0 Å². The average molecular weight is 248 g/mol. The van der Waals surface area contributed by atoms with Crippen molar-refractivity contribution in [3.63, 3.8) is 0 Å². The maximum absolute atomic E-state index is 11.6. The number of nitrogens with one attached hydrogen (secondary N) is 1. The highest BCUT2D eigenvalue weighted by molar-refractivity contribution is 6.17. The van der Waals surface area contributed by atoms with E-state index in [9.17, 15) is 4.79 Å². The van der Waals surface area contributed by atoms with Crippen LogP contribution in [0.5, 0.6) is 0 Å². The summed E-state index contributed by atoms with van der Waals surface area (Å²) in [6, 6.07) is 0.271. The van der Waals surface area contributed by atoms with E-state index in [1.54, 1.807) is 0 Å². The minimum absolute atomic E-state index is 0.157. The molecule has 1 amide bonds. The number of rotatable bonds is 6. The summed E-state index contributed by atoms with van der Waals surface area (Å²) in [4.78, 5) is 11.6. The SMILES string of the molecule is CC(NC(=O)CCCCCl)C1CCOCC1. The smallest absolute Gasteiger partial charge is 0.220 e. The predicted molar refractivity (Wildman–Crippen MR) is 65.7 cm³/mol. The van der Waals surface area contributed by atoms with Crippen LogP contribution in [0.3, 0.4) is 0 Å². The fourth-order valence-electron chi connectivity index (χ4n) is 2.04. The van der Waals surface area contributed by atoms with Gasteiger partial charge in [-0.05, 0) is 38.5 Å². The zero-order valence-corrected chi connectivity index (χ0v) is 10.8. The lowest BCUT2D eigenvalue weighted by Gasteiger charge is -2.28. The Bertz CT molecular complexity index is 205. The highest BCUT2D eigenvalue weighted by Gasteiger charge is 2.21. The Labute approximate surface area is 103 Å². The maximum Gasteiger partial charge on any atom is 0.220 e. The van der Waals surface area contributed by atoms with Crippen molar-refractivity contribution in [1.82, 2.24) is 5.32 Å². The zero-order chi connectivity index (χ0) is 11.8. The van der Waals surface area contributed by atoms with Gasteiger partial charge in [0.15, 0.2) is 0 Å². The average Bonchev–Trinajstić information content (AvgIpc) is 2.30. The fraction of sp³-hybridized carbons (Fsp3) is 0.917. The van der Waals surface area contributed by atoms with Crippen molar-refractivity contribution < 1.29 is 9.53 Å². The van der Waals surface area contributed by atoms with E-state index in [1.165, 1.54) is 0 Å². The molecular formula is C12H22ClNO2. The first-order valence-corrected chi connectivity index (χ1v) is 6.70. The molecule has 0 aromatic carbocycles. The van der Waals surface area contributed by atoms with Gasteiger partial charge in [0.2, 0.25) is 5.91 Å². The minimum atomic E-state index is 0.157. The molecule has 0 bridgehead atoms. The van der Waals surface area contributed by atoms with Crippen LogP contribution in [0.25, 0.3) is 0 Å². The summed E-state index contributed by atoms with van der Waals surface area (Å²) < 4.78 is 5.31. The molecule has 4 heteroatoms. The van der Waals surface area contributed by atoms with Gasteiger partial charge in [-0.15, -0.1) is 11.6 Å². The van der Waals surface area contributed by atoms with E-state index in [1.807, 2.05) is 0 Å². The van der Waals surface area contributed by atoms with Crippen LogP contribution in [-0.4, -0.2) is 31.0 Å². The Morgan fingerprint density at radius 2 is 2.12 bits per heavy atom. The lowest BCUT2D eigenvalue weighted by atomic mass is 9.93. The van der Waals surface area contributed by atoms with Crippen molar-refractivity contribution in [2.75, 3.05) is 19.1 Å². The van der Waals surface area contributed by atoms with Crippen molar-refractivity contribution in [2.24, 2.45) is 5.92 Å². The number of hydrogen-bond donors (Lipinski definition) is 1. The molecule has 1 heterocycles. The highest BCUT2D eigenvalue weighted by atomic mass is 35.5. The molecule has 16 heavy (non-hydrogen) atoms. The lowest BCUT2D eigenvalue weighted by Crippen LogP contribution is -2.40. The van der Waals surface area contributed by atoms with Crippen LogP contribution in [0.4, 0.5) is 0 Å². The van der Waals surface area contributed by atoms with Gasteiger partial charge >= 0.3 is 0 Å². The van der Waals surface area contributed by atoms with Crippen LogP contribution in [-0.2, 0) is 9.53 Å². The molecule has 3 nitrogen and oxygen atoms in total. The first kappa shape index (κ1) is 13.8. The van der Waals surface area contributed by atoms with E-state index in [0.29, 0.717) is 18.2 Å². The van der Waals surface area contributed by atoms with Gasteiger partial charge in [-0.25, -0.2) is 0 Å². The molecule has 1 saturated heterocycles. The topological polar surface area (TPSA) is 38.3 Å². The van der Waals surface area contributed by atoms with E-state index < -0.39 is 0 Å². The molecule has 1 aliphatic rings. The van der Waals surface area contributed by atoms with Crippen molar-refractivity contribution in [3.05, 3.63) is 0 Å². The Morgan fingerprint density at radius 1 is 1.44 bits per heavy atom. The molecule has 1 N–H and O–H groups in total. The van der Waals surface area contributed by atoms with Gasteiger partial charge in [-0.3, -0.25) is 4.79 Å². The number of carbonyl (C=O) groups excluding carboxylic acids is 1. The monoisotopic (exact) mass is 247 g/mol. The number of alkyl halides is 1. The number of ether oxygens (including phenoxy) is 1. The number of halogens is 1. The summed E-state index contributed by atoms with van der Waals surface area (Å²) in [5.74, 6) is 1.37. The van der Waals surface area contributed by atoms with Crippen molar-refractivity contribution in [2.45, 2.75) is 45.1 Å². The second-order valence-electron chi connectivity index (χ2n) is 4.45. The van der Waals surface area contributed by atoms with Gasteiger partial charge in [0.1, 0.15) is 0 Å². The van der Waals surface area contributed by atoms with E-state index in [4.69, 9.17) is 16.3 Å². The first-order valence-electron chi connectivity index (χ1n) is 6.17. The Kier molecular flexibility index (Phi) is 6.81. The summed E-state index contributed by atoms with van der Waals surface area (Å²) >= 11 is 5.57. The first-order chi connectivity index (χ1) is 7.74.